The smallest absolute Gasteiger partial charge is 0.409 e. The molecule has 0 bridgehead atoms. The molecule has 0 saturated carbocycles. The quantitative estimate of drug-likeness (QED) is 0.852. The molecule has 1 saturated heterocycles. The lowest BCUT2D eigenvalue weighted by Gasteiger charge is -2.34. The van der Waals surface area contributed by atoms with Gasteiger partial charge in [0, 0.05) is 45.0 Å². The zero-order valence-electron chi connectivity index (χ0n) is 13.2. The van der Waals surface area contributed by atoms with Gasteiger partial charge < -0.3 is 14.5 Å². The molecule has 0 unspecified atom stereocenters. The summed E-state index contributed by atoms with van der Waals surface area (Å²) in [7, 11) is 0. The van der Waals surface area contributed by atoms with Gasteiger partial charge in [-0.25, -0.2) is 4.79 Å². The predicted molar refractivity (Wildman–Crippen MR) is 82.4 cm³/mol. The largest absolute Gasteiger partial charge is 0.450 e. The van der Waals surface area contributed by atoms with E-state index in [1.165, 1.54) is 0 Å². The normalized spacial score (nSPS) is 16.3. The molecule has 2 heterocycles. The van der Waals surface area contributed by atoms with Gasteiger partial charge in [-0.05, 0) is 30.5 Å². The molecule has 1 aromatic heterocycles. The lowest BCUT2D eigenvalue weighted by Crippen LogP contribution is -2.50. The zero-order chi connectivity index (χ0) is 15.9. The highest BCUT2D eigenvalue weighted by molar-refractivity contribution is 5.77. The number of amides is 2. The van der Waals surface area contributed by atoms with E-state index >= 15 is 0 Å². The molecular weight excluding hydrogens is 282 g/mol. The Morgan fingerprint density at radius 2 is 1.77 bits per heavy atom. The second-order valence-corrected chi connectivity index (χ2v) is 5.45. The van der Waals surface area contributed by atoms with Crippen LogP contribution in [0.4, 0.5) is 4.79 Å². The minimum atomic E-state index is -0.292. The van der Waals surface area contributed by atoms with Gasteiger partial charge in [0.05, 0.1) is 6.61 Å². The predicted octanol–water partition coefficient (Wildman–Crippen LogP) is 1.88. The van der Waals surface area contributed by atoms with E-state index < -0.39 is 0 Å². The summed E-state index contributed by atoms with van der Waals surface area (Å²) < 4.78 is 4.98. The van der Waals surface area contributed by atoms with Crippen molar-refractivity contribution in [3.8, 4) is 0 Å². The first-order valence-electron chi connectivity index (χ1n) is 7.71. The molecule has 1 atom stereocenters. The summed E-state index contributed by atoms with van der Waals surface area (Å²) in [5.41, 5.74) is 1.12. The molecule has 0 spiro atoms. The van der Waals surface area contributed by atoms with Gasteiger partial charge in [-0.1, -0.05) is 6.92 Å². The topological polar surface area (TPSA) is 62.7 Å². The lowest BCUT2D eigenvalue weighted by molar-refractivity contribution is -0.133. The Bertz CT molecular complexity index is 499. The van der Waals surface area contributed by atoms with E-state index in [1.54, 1.807) is 24.2 Å². The molecule has 0 aliphatic carbocycles. The van der Waals surface area contributed by atoms with Crippen LogP contribution in [0.1, 0.15) is 31.7 Å². The van der Waals surface area contributed by atoms with Crippen molar-refractivity contribution in [1.29, 1.82) is 0 Å². The van der Waals surface area contributed by atoms with Crippen LogP contribution in [0.3, 0.4) is 0 Å². The second-order valence-electron chi connectivity index (χ2n) is 5.45. The Balaban J connectivity index is 1.81. The number of aromatic nitrogens is 1. The molecule has 1 aliphatic rings. The van der Waals surface area contributed by atoms with Crippen LogP contribution in [-0.4, -0.2) is 59.6 Å². The van der Waals surface area contributed by atoms with Crippen molar-refractivity contribution in [2.45, 2.75) is 26.2 Å². The van der Waals surface area contributed by atoms with Gasteiger partial charge in [0.2, 0.25) is 5.91 Å². The highest BCUT2D eigenvalue weighted by Gasteiger charge is 2.25. The maximum atomic E-state index is 12.4. The van der Waals surface area contributed by atoms with Crippen LogP contribution in [0.5, 0.6) is 0 Å². The third-order valence-corrected chi connectivity index (χ3v) is 3.91. The van der Waals surface area contributed by atoms with Crippen molar-refractivity contribution in [3.63, 3.8) is 0 Å². The van der Waals surface area contributed by atoms with Gasteiger partial charge in [0.1, 0.15) is 0 Å². The minimum Gasteiger partial charge on any atom is -0.450 e. The highest BCUT2D eigenvalue weighted by atomic mass is 16.6. The van der Waals surface area contributed by atoms with Crippen LogP contribution < -0.4 is 0 Å². The molecule has 120 valence electrons. The van der Waals surface area contributed by atoms with E-state index in [2.05, 4.69) is 4.98 Å². The van der Waals surface area contributed by atoms with Gasteiger partial charge >= 0.3 is 6.09 Å². The summed E-state index contributed by atoms with van der Waals surface area (Å²) in [6, 6.07) is 3.88. The van der Waals surface area contributed by atoms with Crippen LogP contribution in [0, 0.1) is 0 Å². The van der Waals surface area contributed by atoms with Gasteiger partial charge in [-0.3, -0.25) is 9.78 Å². The fourth-order valence-corrected chi connectivity index (χ4v) is 2.55. The second kappa shape index (κ2) is 7.77. The molecule has 6 heteroatoms. The monoisotopic (exact) mass is 305 g/mol. The summed E-state index contributed by atoms with van der Waals surface area (Å²) in [4.78, 5) is 31.5. The molecule has 2 amide bonds. The fourth-order valence-electron chi connectivity index (χ4n) is 2.55. The van der Waals surface area contributed by atoms with Crippen molar-refractivity contribution < 1.29 is 14.3 Å². The van der Waals surface area contributed by atoms with E-state index in [0.29, 0.717) is 39.2 Å². The summed E-state index contributed by atoms with van der Waals surface area (Å²) >= 11 is 0. The van der Waals surface area contributed by atoms with Gasteiger partial charge in [-0.2, -0.15) is 0 Å². The molecule has 6 nitrogen and oxygen atoms in total. The molecular formula is C16H23N3O3. The number of rotatable bonds is 4. The van der Waals surface area contributed by atoms with Crippen molar-refractivity contribution in [2.75, 3.05) is 32.8 Å². The summed E-state index contributed by atoms with van der Waals surface area (Å²) in [5, 5.41) is 0. The maximum absolute atomic E-state index is 12.4. The van der Waals surface area contributed by atoms with E-state index in [1.807, 2.05) is 24.0 Å². The first-order valence-corrected chi connectivity index (χ1v) is 7.71. The molecule has 22 heavy (non-hydrogen) atoms. The highest BCUT2D eigenvalue weighted by Crippen LogP contribution is 2.19. The zero-order valence-corrected chi connectivity index (χ0v) is 13.2. The number of piperazine rings is 1. The molecule has 0 N–H and O–H groups in total. The Morgan fingerprint density at radius 1 is 1.18 bits per heavy atom. The van der Waals surface area contributed by atoms with Crippen LogP contribution in [0.15, 0.2) is 24.5 Å². The number of hydrogen-bond acceptors (Lipinski definition) is 4. The number of carbonyl (C=O) groups excluding carboxylic acids is 2. The number of nitrogens with zero attached hydrogens (tertiary/aromatic N) is 3. The van der Waals surface area contributed by atoms with Crippen molar-refractivity contribution in [3.05, 3.63) is 30.1 Å². The van der Waals surface area contributed by atoms with Crippen LogP contribution in [0.2, 0.25) is 0 Å². The first-order chi connectivity index (χ1) is 10.6. The van der Waals surface area contributed by atoms with Crippen LogP contribution in [0.25, 0.3) is 0 Å². The van der Waals surface area contributed by atoms with Gasteiger partial charge in [0.15, 0.2) is 0 Å². The number of hydrogen-bond donors (Lipinski definition) is 0. The Labute approximate surface area is 131 Å². The summed E-state index contributed by atoms with van der Waals surface area (Å²) in [6.45, 7) is 6.42. The molecule has 1 fully saturated rings. The van der Waals surface area contributed by atoms with Gasteiger partial charge in [-0.15, -0.1) is 0 Å². The SMILES string of the molecule is CCOC(=O)N1CCN(C(=O)C[C@@H](C)c2ccncc2)CC1. The Morgan fingerprint density at radius 3 is 2.36 bits per heavy atom. The van der Waals surface area contributed by atoms with E-state index in [0.717, 1.165) is 5.56 Å². The average molecular weight is 305 g/mol. The van der Waals surface area contributed by atoms with E-state index in [9.17, 15) is 9.59 Å². The Hall–Kier alpha value is -2.11. The van der Waals surface area contributed by atoms with E-state index in [4.69, 9.17) is 4.74 Å². The summed E-state index contributed by atoms with van der Waals surface area (Å²) in [5.74, 6) is 0.298. The van der Waals surface area contributed by atoms with Crippen LogP contribution >= 0.6 is 0 Å². The van der Waals surface area contributed by atoms with Crippen LogP contribution in [-0.2, 0) is 9.53 Å². The minimum absolute atomic E-state index is 0.132. The van der Waals surface area contributed by atoms with E-state index in [-0.39, 0.29) is 17.9 Å². The first kappa shape index (κ1) is 16.3. The maximum Gasteiger partial charge on any atom is 0.409 e. The van der Waals surface area contributed by atoms with Crippen molar-refractivity contribution in [1.82, 2.24) is 14.8 Å². The van der Waals surface area contributed by atoms with Gasteiger partial charge in [0.25, 0.3) is 0 Å². The van der Waals surface area contributed by atoms with Crippen molar-refractivity contribution in [2.24, 2.45) is 0 Å². The Kier molecular flexibility index (Phi) is 5.75. The summed E-state index contributed by atoms with van der Waals surface area (Å²) in [6.07, 6.45) is 3.67. The third kappa shape index (κ3) is 4.19. The van der Waals surface area contributed by atoms with Crippen molar-refractivity contribution >= 4 is 12.0 Å². The average Bonchev–Trinajstić information content (AvgIpc) is 2.56. The molecule has 2 rings (SSSR count). The fraction of sp³-hybridized carbons (Fsp3) is 0.562. The molecule has 1 aliphatic heterocycles. The molecule has 0 aromatic carbocycles. The molecule has 0 radical (unpaired) electrons. The number of ether oxygens (including phenoxy) is 1. The standard InChI is InChI=1S/C16H23N3O3/c1-3-22-16(21)19-10-8-18(9-11-19)15(20)12-13(2)14-4-6-17-7-5-14/h4-7,13H,3,8-12H2,1-2H3/t13-/m1/s1. The third-order valence-electron chi connectivity index (χ3n) is 3.91. The molecule has 1 aromatic rings. The number of carbonyl (C=O) groups is 2. The lowest BCUT2D eigenvalue weighted by atomic mass is 9.98. The number of pyridine rings is 1.